The number of aromatic nitrogens is 20. The van der Waals surface area contributed by atoms with E-state index in [1.807, 2.05) is 88.8 Å². The van der Waals surface area contributed by atoms with Crippen LogP contribution in [-0.4, -0.2) is 139 Å². The van der Waals surface area contributed by atoms with Crippen molar-refractivity contribution >= 4 is 54.7 Å². The molecule has 12 aromatic heterocycles. The van der Waals surface area contributed by atoms with Gasteiger partial charge >= 0.3 is 0 Å². The Morgan fingerprint density at radius 3 is 1.18 bits per heavy atom. The second-order valence-corrected chi connectivity index (χ2v) is 38.9. The van der Waals surface area contributed by atoms with E-state index in [0.29, 0.717) is 77.8 Å². The molecule has 20 rings (SSSR count). The van der Waals surface area contributed by atoms with E-state index in [1.165, 1.54) is 18.4 Å². The van der Waals surface area contributed by atoms with E-state index < -0.39 is 21.0 Å². The van der Waals surface area contributed by atoms with Gasteiger partial charge in [-0.05, 0) is 175 Å². The van der Waals surface area contributed by atoms with Crippen LogP contribution in [0.2, 0.25) is 5.02 Å². The summed E-state index contributed by atoms with van der Waals surface area (Å²) in [5.74, 6) is 0.334. The van der Waals surface area contributed by atoms with Gasteiger partial charge in [-0.1, -0.05) is 84.4 Å². The van der Waals surface area contributed by atoms with Crippen LogP contribution in [0.4, 0.5) is 8.78 Å². The summed E-state index contributed by atoms with van der Waals surface area (Å²) in [7, 11) is -3.03. The van der Waals surface area contributed by atoms with E-state index in [9.17, 15) is 39.7 Å². The number of allylic oxidation sites excluding steroid dienone is 4. The highest BCUT2D eigenvalue weighted by Gasteiger charge is 2.31. The first kappa shape index (κ1) is 92.0. The number of nitriles is 5. The van der Waals surface area contributed by atoms with E-state index in [2.05, 4.69) is 111 Å². The molecule has 29 nitrogen and oxygen atoms in total. The number of aliphatic hydroxyl groups is 2. The van der Waals surface area contributed by atoms with Crippen LogP contribution < -0.4 is 0 Å². The zero-order valence-corrected chi connectivity index (χ0v) is 76.8. The van der Waals surface area contributed by atoms with Crippen LogP contribution in [-0.2, 0) is 36.0 Å². The quantitative estimate of drug-likeness (QED) is 0.0674. The maximum Gasteiger partial charge on any atom is 0.149 e. The molecule has 0 radical (unpaired) electrons. The van der Waals surface area contributed by atoms with Gasteiger partial charge in [-0.2, -0.15) is 67.1 Å². The number of benzene rings is 4. The van der Waals surface area contributed by atoms with Gasteiger partial charge in [0.25, 0.3) is 0 Å². The van der Waals surface area contributed by atoms with Crippen LogP contribution in [0.25, 0.3) is 122 Å². The molecule has 2 saturated carbocycles. The normalized spacial score (nSPS) is 17.4. The van der Waals surface area contributed by atoms with Gasteiger partial charge in [-0.15, -0.1) is 0 Å². The van der Waals surface area contributed by atoms with Gasteiger partial charge in [0.1, 0.15) is 21.5 Å². The van der Waals surface area contributed by atoms with Crippen molar-refractivity contribution in [2.45, 2.75) is 173 Å². The molecule has 2 atom stereocenters. The highest BCUT2D eigenvalue weighted by Crippen LogP contribution is 2.45. The Balaban J connectivity index is 0.000000125. The number of sulfone groups is 1. The van der Waals surface area contributed by atoms with Crippen molar-refractivity contribution in [2.24, 2.45) is 23.7 Å². The van der Waals surface area contributed by atoms with Gasteiger partial charge in [0, 0.05) is 171 Å². The fraction of sp³-hybridized carbons (Fsp3) is 0.324. The molecule has 135 heavy (non-hydrogen) atoms. The van der Waals surface area contributed by atoms with E-state index in [0.717, 1.165) is 201 Å². The third-order valence-corrected chi connectivity index (χ3v) is 26.5. The minimum absolute atomic E-state index is 0.0451. The van der Waals surface area contributed by atoms with E-state index in [4.69, 9.17) is 26.8 Å². The molecule has 0 bridgehead atoms. The predicted octanol–water partition coefficient (Wildman–Crippen LogP) is 19.5. The number of nitrogens with zero attached hydrogens (tertiary/aromatic N) is 25. The number of fused-ring (bicyclic) bond motifs is 4. The van der Waals surface area contributed by atoms with Gasteiger partial charge < -0.3 is 10.2 Å². The highest BCUT2D eigenvalue weighted by atomic mass is 35.5. The third kappa shape index (κ3) is 21.1. The molecule has 0 aliphatic heterocycles. The molecule has 0 spiro atoms. The molecule has 2 N–H and O–H groups in total. The summed E-state index contributed by atoms with van der Waals surface area (Å²) in [4.78, 5) is 18.7. The second kappa shape index (κ2) is 39.9. The van der Waals surface area contributed by atoms with E-state index in [1.54, 1.807) is 148 Å². The van der Waals surface area contributed by atoms with Crippen LogP contribution in [0.1, 0.15) is 159 Å². The molecule has 33 heteroatoms. The van der Waals surface area contributed by atoms with Gasteiger partial charge in [-0.25, -0.2) is 35.3 Å². The highest BCUT2D eigenvalue weighted by molar-refractivity contribution is 7.90. The summed E-state index contributed by atoms with van der Waals surface area (Å²) in [6.07, 6.45) is 53.4. The van der Waals surface area contributed by atoms with Crippen molar-refractivity contribution in [2.75, 3.05) is 12.0 Å². The Kier molecular flexibility index (Phi) is 27.2. The molecule has 12 heterocycles. The molecule has 2 fully saturated rings. The lowest BCUT2D eigenvalue weighted by Crippen LogP contribution is -2.26. The van der Waals surface area contributed by atoms with Gasteiger partial charge in [0.15, 0.2) is 0 Å². The largest absolute Gasteiger partial charge is 0.389 e. The Morgan fingerprint density at radius 2 is 0.770 bits per heavy atom. The lowest BCUT2D eigenvalue weighted by molar-refractivity contribution is 0.0571. The number of aryl methyl sites for hydroxylation is 2. The van der Waals surface area contributed by atoms with Crippen LogP contribution >= 0.6 is 11.6 Å². The maximum atomic E-state index is 15.3. The number of hydrogen-bond donors (Lipinski definition) is 2. The summed E-state index contributed by atoms with van der Waals surface area (Å²) < 4.78 is 67.2. The molecule has 4 aromatic carbocycles. The Hall–Kier alpha value is -14.9. The van der Waals surface area contributed by atoms with Crippen molar-refractivity contribution < 1.29 is 27.4 Å². The first-order chi connectivity index (χ1) is 65.2. The van der Waals surface area contributed by atoms with Gasteiger partial charge in [-0.3, -0.25) is 38.7 Å². The summed E-state index contributed by atoms with van der Waals surface area (Å²) in [6.45, 7) is 8.45. The molecule has 16 aromatic rings. The van der Waals surface area contributed by atoms with Gasteiger partial charge in [0.2, 0.25) is 0 Å². The molecule has 682 valence electrons. The number of rotatable bonds is 21. The first-order valence-corrected chi connectivity index (χ1v) is 47.5. The molecule has 4 aliphatic carbocycles. The van der Waals surface area contributed by atoms with Crippen molar-refractivity contribution in [3.8, 4) is 119 Å². The summed E-state index contributed by atoms with van der Waals surface area (Å²) in [5.41, 5.74) is 21.0. The molecule has 4 aliphatic rings. The zero-order valence-electron chi connectivity index (χ0n) is 75.2. The lowest BCUT2D eigenvalue weighted by atomic mass is 9.80. The summed E-state index contributed by atoms with van der Waals surface area (Å²) in [6, 6.07) is 36.1. The fourth-order valence-corrected chi connectivity index (χ4v) is 19.1. The monoisotopic (exact) mass is 1840 g/mol. The van der Waals surface area contributed by atoms with E-state index >= 15 is 8.78 Å². The van der Waals surface area contributed by atoms with Gasteiger partial charge in [0.05, 0.1) is 186 Å². The zero-order chi connectivity index (χ0) is 94.2. The van der Waals surface area contributed by atoms with Crippen LogP contribution in [0.15, 0.2) is 215 Å². The smallest absolute Gasteiger partial charge is 0.149 e. The predicted molar refractivity (Wildman–Crippen MR) is 509 cm³/mol. The van der Waals surface area contributed by atoms with Crippen molar-refractivity contribution in [1.82, 2.24) is 97.5 Å². The van der Waals surface area contributed by atoms with E-state index in [-0.39, 0.29) is 47.0 Å². The molecular weight excluding hydrogens is 1740 g/mol. The number of hydrogen-bond acceptors (Lipinski definition) is 21. The second-order valence-electron chi connectivity index (χ2n) is 36.3. The summed E-state index contributed by atoms with van der Waals surface area (Å²) in [5, 5.41) is 101. The lowest BCUT2D eigenvalue weighted by Gasteiger charge is -2.25. The Bertz CT molecular complexity index is 7260. The van der Waals surface area contributed by atoms with Crippen molar-refractivity contribution in [3.63, 3.8) is 0 Å². The number of halogens is 3. The van der Waals surface area contributed by atoms with Crippen molar-refractivity contribution in [3.05, 3.63) is 254 Å². The van der Waals surface area contributed by atoms with Crippen LogP contribution in [0.3, 0.4) is 0 Å². The SMILES string of the molecule is CC(C)(O)Cn1cc(-c2ccc(-c3cnn4ccnc(C5CCC(C#N)CC5)c34)cc2Cl)cn1.CC(C)(O)Cn1cc(-c2ccc(-c3cnn4ccnc(C5CCC(C#N)CC5)c34)cc2F)cn1.CS(=O)(=O)CCn1cc(-c2ccc(-c3cnn4ccnc(C5=CCC(C#N)CC5)c34)cc2)cn1.N#CCCn1cc(-c2ccc(-c3cnn4ccnc(C5=CCC(C#N)CC5)c34)cc2F)cn1. The van der Waals surface area contributed by atoms with Crippen LogP contribution in [0.5, 0.6) is 0 Å². The standard InChI is InChI=1S/C26H27ClN6O.C26H27FN6O.C25H20FN7.C25H24N6O2S/c2*1-26(2,34)16-32-15-20(13-30-32)21-8-7-19(11-23(21)27)22-14-31-33-10-9-29-24(25(22)33)18-5-3-17(12-28)4-6-18;26-23-12-19(6-7-21(23)20-14-30-32(16-20)10-1-8-27)22-15-31-33-11-9-29-24(25(22)33)18-4-2-17(13-28)3-5-18;1-34(32,33)13-12-30-17-22(15-28-30)19-6-8-20(9-7-19)23-16-29-31-11-10-27-24(25(23)31)21-4-2-18(14-26)3-5-21/h2*7-11,13-15,17-18,34H,3-6,16H2,1-2H3;4,6-7,9,11-12,14-17H,1-3,5,10H2;4,6-11,15-18H,2-3,5,12-13H2,1H3. The molecule has 0 saturated heterocycles. The third-order valence-electron chi connectivity index (χ3n) is 25.2. The Labute approximate surface area is 783 Å². The summed E-state index contributed by atoms with van der Waals surface area (Å²) >= 11 is 6.73. The minimum atomic E-state index is -3.03. The minimum Gasteiger partial charge on any atom is -0.389 e. The fourth-order valence-electron chi connectivity index (χ4n) is 18.3. The van der Waals surface area contributed by atoms with Crippen LogP contribution in [0, 0.1) is 92.0 Å². The Morgan fingerprint density at radius 1 is 0.407 bits per heavy atom. The average molecular weight is 1840 g/mol. The molecule has 0 amide bonds. The van der Waals surface area contributed by atoms with Crippen molar-refractivity contribution in [1.29, 1.82) is 26.3 Å². The maximum absolute atomic E-state index is 15.3. The molecule has 2 unspecified atom stereocenters. The first-order valence-electron chi connectivity index (χ1n) is 45.1. The molecular formula is C102H98ClF2N25O4S. The topological polar surface area (TPSA) is 386 Å². The average Bonchev–Trinajstić information content (AvgIpc) is 1.61.